The summed E-state index contributed by atoms with van der Waals surface area (Å²) >= 11 is 0. The van der Waals surface area contributed by atoms with E-state index in [1.165, 1.54) is 4.68 Å². The van der Waals surface area contributed by atoms with Crippen LogP contribution < -0.4 is 5.76 Å². The van der Waals surface area contributed by atoms with Crippen LogP contribution in [0, 0.1) is 0 Å². The summed E-state index contributed by atoms with van der Waals surface area (Å²) in [5.74, 6) is -0.197. The van der Waals surface area contributed by atoms with Crippen LogP contribution in [0.5, 0.6) is 0 Å². The van der Waals surface area contributed by atoms with Gasteiger partial charge in [0, 0.05) is 18.1 Å². The highest BCUT2D eigenvalue weighted by Crippen LogP contribution is 2.23. The van der Waals surface area contributed by atoms with Crippen molar-refractivity contribution in [3.05, 3.63) is 47.1 Å². The summed E-state index contributed by atoms with van der Waals surface area (Å²) in [5, 5.41) is 6.20. The number of hydrogen-bond donors (Lipinski definition) is 0. The van der Waals surface area contributed by atoms with E-state index in [2.05, 4.69) is 10.1 Å². The van der Waals surface area contributed by atoms with Gasteiger partial charge >= 0.3 is 5.76 Å². The molecule has 0 saturated heterocycles. The first kappa shape index (κ1) is 13.5. The van der Waals surface area contributed by atoms with E-state index in [0.29, 0.717) is 12.2 Å². The molecule has 6 nitrogen and oxygen atoms in total. The van der Waals surface area contributed by atoms with Crippen LogP contribution in [0.3, 0.4) is 0 Å². The fourth-order valence-corrected chi connectivity index (χ4v) is 2.13. The largest absolute Gasteiger partial charge is 0.437 e. The molecule has 3 rings (SSSR count). The standard InChI is InChI=1S/C15H16N4O2/c1-18(2)9-10-19-15(20)21-14(17-19)13-12-6-4-3-5-11(12)7-8-16-13/h3-8H,9-10H2,1-2H3. The Balaban J connectivity index is 2.03. The summed E-state index contributed by atoms with van der Waals surface area (Å²) in [6, 6.07) is 9.73. The summed E-state index contributed by atoms with van der Waals surface area (Å²) in [6.07, 6.45) is 1.69. The molecule has 1 aromatic carbocycles. The quantitative estimate of drug-likeness (QED) is 0.728. The Labute approximate surface area is 121 Å². The molecule has 21 heavy (non-hydrogen) atoms. The molecule has 0 aliphatic carbocycles. The third-order valence-corrected chi connectivity index (χ3v) is 3.24. The van der Waals surface area contributed by atoms with Crippen molar-refractivity contribution < 1.29 is 4.42 Å². The molecule has 0 aliphatic heterocycles. The normalized spacial score (nSPS) is 11.4. The van der Waals surface area contributed by atoms with E-state index < -0.39 is 5.76 Å². The van der Waals surface area contributed by atoms with Crippen LogP contribution >= 0.6 is 0 Å². The molecule has 0 unspecified atom stereocenters. The maximum atomic E-state index is 11.8. The lowest BCUT2D eigenvalue weighted by Crippen LogP contribution is -2.24. The summed E-state index contributed by atoms with van der Waals surface area (Å²) in [7, 11) is 3.89. The van der Waals surface area contributed by atoms with Gasteiger partial charge in [0.1, 0.15) is 5.69 Å². The predicted octanol–water partition coefficient (Wildman–Crippen LogP) is 1.61. The smallest absolute Gasteiger partial charge is 0.386 e. The molecule has 0 saturated carbocycles. The first-order valence-corrected chi connectivity index (χ1v) is 6.72. The van der Waals surface area contributed by atoms with E-state index in [4.69, 9.17) is 4.42 Å². The number of pyridine rings is 1. The molecule has 0 amide bonds. The topological polar surface area (TPSA) is 64.2 Å². The zero-order valence-corrected chi connectivity index (χ0v) is 12.0. The van der Waals surface area contributed by atoms with E-state index in [0.717, 1.165) is 17.3 Å². The Hall–Kier alpha value is -2.47. The van der Waals surface area contributed by atoms with E-state index >= 15 is 0 Å². The minimum atomic E-state index is -0.457. The molecule has 0 radical (unpaired) electrons. The number of fused-ring (bicyclic) bond motifs is 1. The molecule has 0 aliphatic rings. The minimum absolute atomic E-state index is 0.260. The Morgan fingerprint density at radius 1 is 1.24 bits per heavy atom. The number of hydrogen-bond acceptors (Lipinski definition) is 5. The maximum absolute atomic E-state index is 11.8. The Bertz CT molecular complexity index is 814. The van der Waals surface area contributed by atoms with Gasteiger partial charge in [-0.2, -0.15) is 4.68 Å². The van der Waals surface area contributed by atoms with E-state index in [-0.39, 0.29) is 5.89 Å². The Morgan fingerprint density at radius 3 is 2.86 bits per heavy atom. The van der Waals surface area contributed by atoms with Gasteiger partial charge in [0.25, 0.3) is 5.89 Å². The lowest BCUT2D eigenvalue weighted by Gasteiger charge is -2.07. The van der Waals surface area contributed by atoms with Gasteiger partial charge in [-0.25, -0.2) is 4.79 Å². The highest BCUT2D eigenvalue weighted by Gasteiger charge is 2.14. The van der Waals surface area contributed by atoms with Crippen LogP contribution in [0.25, 0.3) is 22.4 Å². The van der Waals surface area contributed by atoms with Crippen molar-refractivity contribution in [1.82, 2.24) is 19.7 Å². The van der Waals surface area contributed by atoms with Crippen molar-refractivity contribution >= 4 is 10.8 Å². The SMILES string of the molecule is CN(C)CCn1nc(-c2nccc3ccccc23)oc1=O. The number of benzene rings is 1. The summed E-state index contributed by atoms with van der Waals surface area (Å²) < 4.78 is 6.59. The fraction of sp³-hybridized carbons (Fsp3) is 0.267. The maximum Gasteiger partial charge on any atom is 0.437 e. The van der Waals surface area contributed by atoms with Crippen LogP contribution in [0.1, 0.15) is 0 Å². The third-order valence-electron chi connectivity index (χ3n) is 3.24. The van der Waals surface area contributed by atoms with Gasteiger partial charge in [-0.05, 0) is 25.5 Å². The average Bonchev–Trinajstić information content (AvgIpc) is 2.85. The molecular formula is C15H16N4O2. The number of nitrogens with zero attached hydrogens (tertiary/aromatic N) is 4. The fourth-order valence-electron chi connectivity index (χ4n) is 2.13. The van der Waals surface area contributed by atoms with Crippen molar-refractivity contribution in [3.8, 4) is 11.6 Å². The predicted molar refractivity (Wildman–Crippen MR) is 80.1 cm³/mol. The van der Waals surface area contributed by atoms with Crippen LogP contribution in [0.15, 0.2) is 45.7 Å². The zero-order chi connectivity index (χ0) is 14.8. The molecule has 108 valence electrons. The van der Waals surface area contributed by atoms with Gasteiger partial charge in [-0.1, -0.05) is 24.3 Å². The van der Waals surface area contributed by atoms with Crippen molar-refractivity contribution in [1.29, 1.82) is 0 Å². The zero-order valence-electron chi connectivity index (χ0n) is 12.0. The van der Waals surface area contributed by atoms with Gasteiger partial charge in [0.2, 0.25) is 0 Å². The number of aromatic nitrogens is 3. The van der Waals surface area contributed by atoms with Crippen LogP contribution in [0.2, 0.25) is 0 Å². The summed E-state index contributed by atoms with van der Waals surface area (Å²) in [6.45, 7) is 1.20. The second kappa shape index (κ2) is 5.49. The minimum Gasteiger partial charge on any atom is -0.386 e. The van der Waals surface area contributed by atoms with E-state index in [1.54, 1.807) is 6.20 Å². The first-order valence-electron chi connectivity index (χ1n) is 6.72. The summed E-state index contributed by atoms with van der Waals surface area (Å²) in [4.78, 5) is 18.1. The highest BCUT2D eigenvalue weighted by molar-refractivity contribution is 5.92. The van der Waals surface area contributed by atoms with Crippen molar-refractivity contribution in [2.45, 2.75) is 6.54 Å². The molecule has 0 N–H and O–H groups in total. The van der Waals surface area contributed by atoms with Gasteiger partial charge < -0.3 is 9.32 Å². The molecule has 3 aromatic rings. The van der Waals surface area contributed by atoms with Crippen molar-refractivity contribution in [2.24, 2.45) is 0 Å². The van der Waals surface area contributed by atoms with Gasteiger partial charge in [0.05, 0.1) is 6.54 Å². The van der Waals surface area contributed by atoms with Crippen molar-refractivity contribution in [3.63, 3.8) is 0 Å². The third kappa shape index (κ3) is 2.71. The first-order chi connectivity index (χ1) is 10.1. The number of rotatable bonds is 4. The highest BCUT2D eigenvalue weighted by atomic mass is 16.4. The lowest BCUT2D eigenvalue weighted by molar-refractivity contribution is 0.362. The molecular weight excluding hydrogens is 268 g/mol. The second-order valence-corrected chi connectivity index (χ2v) is 5.08. The van der Waals surface area contributed by atoms with Gasteiger partial charge in [-0.3, -0.25) is 4.98 Å². The van der Waals surface area contributed by atoms with Gasteiger partial charge in [0.15, 0.2) is 0 Å². The lowest BCUT2D eigenvalue weighted by atomic mass is 10.1. The van der Waals surface area contributed by atoms with Crippen molar-refractivity contribution in [2.75, 3.05) is 20.6 Å². The number of likely N-dealkylation sites (N-methyl/N-ethyl adjacent to an activating group) is 1. The Morgan fingerprint density at radius 2 is 2.05 bits per heavy atom. The molecule has 6 heteroatoms. The van der Waals surface area contributed by atoms with Gasteiger partial charge in [-0.15, -0.1) is 5.10 Å². The van der Waals surface area contributed by atoms with E-state index in [1.807, 2.05) is 49.3 Å². The molecule has 2 heterocycles. The second-order valence-electron chi connectivity index (χ2n) is 5.08. The molecule has 0 atom stereocenters. The van der Waals surface area contributed by atoms with E-state index in [9.17, 15) is 4.79 Å². The summed E-state index contributed by atoms with van der Waals surface area (Å²) in [5.41, 5.74) is 0.591. The molecule has 2 aromatic heterocycles. The monoisotopic (exact) mass is 284 g/mol. The molecule has 0 fully saturated rings. The average molecular weight is 284 g/mol. The Kier molecular flexibility index (Phi) is 3.53. The van der Waals surface area contributed by atoms with Crippen LogP contribution in [-0.4, -0.2) is 40.3 Å². The van der Waals surface area contributed by atoms with Crippen LogP contribution in [-0.2, 0) is 6.54 Å². The molecule has 0 spiro atoms. The van der Waals surface area contributed by atoms with Crippen LogP contribution in [0.4, 0.5) is 0 Å². The molecule has 0 bridgehead atoms.